The molecule has 31 heavy (non-hydrogen) atoms. The highest BCUT2D eigenvalue weighted by atomic mass is 19.3. The van der Waals surface area contributed by atoms with Gasteiger partial charge in [-0.1, -0.05) is 13.5 Å². The second kappa shape index (κ2) is 9.13. The zero-order chi connectivity index (χ0) is 22.8. The van der Waals surface area contributed by atoms with E-state index in [0.29, 0.717) is 48.0 Å². The fraction of sp³-hybridized carbons (Fsp3) is 0.500. The number of carbonyl (C=O) groups excluding carboxylic acids is 1. The molecule has 0 saturated carbocycles. The molecule has 2 fully saturated rings. The van der Waals surface area contributed by atoms with E-state index in [1.54, 1.807) is 6.92 Å². The van der Waals surface area contributed by atoms with Gasteiger partial charge in [0.05, 0.1) is 5.69 Å². The van der Waals surface area contributed by atoms with Crippen molar-refractivity contribution in [1.82, 2.24) is 15.6 Å². The monoisotopic (exact) mass is 433 g/mol. The Labute approximate surface area is 181 Å². The molecule has 3 heterocycles. The number of rotatable bonds is 5. The van der Waals surface area contributed by atoms with Gasteiger partial charge in [0.2, 0.25) is 0 Å². The van der Waals surface area contributed by atoms with E-state index < -0.39 is 18.1 Å². The van der Waals surface area contributed by atoms with Crippen LogP contribution in [0.5, 0.6) is 0 Å². The van der Waals surface area contributed by atoms with Crippen LogP contribution in [-0.2, 0) is 10.7 Å². The van der Waals surface area contributed by atoms with Gasteiger partial charge in [-0.05, 0) is 38.0 Å². The van der Waals surface area contributed by atoms with Crippen molar-refractivity contribution in [2.75, 3.05) is 24.5 Å². The van der Waals surface area contributed by atoms with Crippen LogP contribution in [0.1, 0.15) is 45.4 Å². The Balaban J connectivity index is 2.16. The van der Waals surface area contributed by atoms with Crippen molar-refractivity contribution in [3.05, 3.63) is 41.7 Å². The van der Waals surface area contributed by atoms with Crippen LogP contribution < -0.4 is 15.5 Å². The molecule has 9 heteroatoms. The molecule has 0 aromatic carbocycles. The van der Waals surface area contributed by atoms with Crippen LogP contribution in [0, 0.1) is 0 Å². The second-order valence-corrected chi connectivity index (χ2v) is 7.91. The zero-order valence-electron chi connectivity index (χ0n) is 18.3. The first-order chi connectivity index (χ1) is 14.6. The summed E-state index contributed by atoms with van der Waals surface area (Å²) in [6.45, 7) is 12.3. The highest BCUT2D eigenvalue weighted by molar-refractivity contribution is 6.13. The molecule has 3 rings (SSSR count). The van der Waals surface area contributed by atoms with Gasteiger partial charge in [-0.3, -0.25) is 5.32 Å². The third-order valence-corrected chi connectivity index (χ3v) is 5.44. The lowest BCUT2D eigenvalue weighted by atomic mass is 9.95. The van der Waals surface area contributed by atoms with Gasteiger partial charge < -0.3 is 15.0 Å². The average Bonchev–Trinajstić information content (AvgIpc) is 2.72. The van der Waals surface area contributed by atoms with Crippen LogP contribution in [0.15, 0.2) is 35.5 Å². The molecule has 0 aliphatic carbocycles. The molecule has 2 atom stereocenters. The number of aliphatic imine (C=N–C) groups is 1. The summed E-state index contributed by atoms with van der Waals surface area (Å²) in [6, 6.07) is 3.07. The van der Waals surface area contributed by atoms with Gasteiger partial charge in [-0.25, -0.2) is 23.6 Å². The number of alkyl carbamates (subject to hydrolysis) is 1. The molecule has 2 aliphatic rings. The lowest BCUT2D eigenvalue weighted by Crippen LogP contribution is -2.49. The summed E-state index contributed by atoms with van der Waals surface area (Å²) in [5, 5.41) is 5.92. The predicted molar refractivity (Wildman–Crippen MR) is 117 cm³/mol. The van der Waals surface area contributed by atoms with Crippen molar-refractivity contribution in [2.45, 2.75) is 52.2 Å². The van der Waals surface area contributed by atoms with Gasteiger partial charge in [0, 0.05) is 49.9 Å². The first kappa shape index (κ1) is 22.9. The summed E-state index contributed by atoms with van der Waals surface area (Å²) in [6.07, 6.45) is 0.643. The number of hydrogen-bond acceptors (Lipinski definition) is 6. The summed E-state index contributed by atoms with van der Waals surface area (Å²) in [7, 11) is 0. The maximum Gasteiger partial charge on any atom is 0.413 e. The molecule has 0 bridgehead atoms. The van der Waals surface area contributed by atoms with Gasteiger partial charge in [-0.2, -0.15) is 0 Å². The molecular weight excluding hydrogens is 404 g/mol. The molecule has 1 aromatic rings. The van der Waals surface area contributed by atoms with Crippen LogP contribution in [-0.4, -0.2) is 48.7 Å². The second-order valence-electron chi connectivity index (χ2n) is 7.91. The Morgan fingerprint density at radius 3 is 2.84 bits per heavy atom. The number of piperazine rings is 1. The number of amidine groups is 1. The van der Waals surface area contributed by atoms with Crippen molar-refractivity contribution in [3.8, 4) is 0 Å². The molecule has 7 nitrogen and oxygen atoms in total. The number of aromatic nitrogens is 1. The van der Waals surface area contributed by atoms with Crippen LogP contribution in [0.2, 0.25) is 0 Å². The van der Waals surface area contributed by atoms with Gasteiger partial charge in [0.15, 0.2) is 0 Å². The summed E-state index contributed by atoms with van der Waals surface area (Å²) in [5.74, 6) is -2.24. The number of pyridine rings is 1. The predicted octanol–water partition coefficient (Wildman–Crippen LogP) is 3.83. The summed E-state index contributed by atoms with van der Waals surface area (Å²) in [4.78, 5) is 22.8. The number of cyclic esters (lactones) is 1. The van der Waals surface area contributed by atoms with E-state index in [-0.39, 0.29) is 11.6 Å². The number of allylic oxidation sites excluding steroid dienone is 1. The number of alkyl halides is 2. The first-order valence-corrected chi connectivity index (χ1v) is 10.4. The lowest BCUT2D eigenvalue weighted by Gasteiger charge is -2.33. The fourth-order valence-corrected chi connectivity index (χ4v) is 3.84. The highest BCUT2D eigenvalue weighted by Gasteiger charge is 2.33. The summed E-state index contributed by atoms with van der Waals surface area (Å²) >= 11 is 0. The van der Waals surface area contributed by atoms with Crippen LogP contribution >= 0.6 is 0 Å². The van der Waals surface area contributed by atoms with Crippen LogP contribution in [0.4, 0.5) is 19.4 Å². The minimum atomic E-state index is -3.03. The van der Waals surface area contributed by atoms with E-state index in [9.17, 15) is 13.6 Å². The first-order valence-electron chi connectivity index (χ1n) is 10.4. The molecule has 0 spiro atoms. The number of nitrogens with one attached hydrogen (secondary N) is 2. The third kappa shape index (κ3) is 5.10. The largest absolute Gasteiger partial charge is 0.441 e. The Morgan fingerprint density at radius 2 is 2.23 bits per heavy atom. The fourth-order valence-electron chi connectivity index (χ4n) is 3.84. The maximum atomic E-state index is 14.4. The minimum Gasteiger partial charge on any atom is -0.441 e. The number of halogens is 2. The smallest absolute Gasteiger partial charge is 0.413 e. The van der Waals surface area contributed by atoms with Crippen molar-refractivity contribution >= 4 is 23.3 Å². The van der Waals surface area contributed by atoms with E-state index in [4.69, 9.17) is 9.72 Å². The molecule has 2 aliphatic heterocycles. The van der Waals surface area contributed by atoms with E-state index >= 15 is 0 Å². The van der Waals surface area contributed by atoms with E-state index in [2.05, 4.69) is 22.2 Å². The van der Waals surface area contributed by atoms with Gasteiger partial charge in [0.25, 0.3) is 5.92 Å². The normalized spacial score (nSPS) is 25.2. The van der Waals surface area contributed by atoms with Gasteiger partial charge >= 0.3 is 6.09 Å². The number of carbonyl (C=O) groups is 1. The third-order valence-electron chi connectivity index (χ3n) is 5.44. The number of hydrogen-bond donors (Lipinski definition) is 2. The van der Waals surface area contributed by atoms with Crippen molar-refractivity contribution in [1.29, 1.82) is 0 Å². The highest BCUT2D eigenvalue weighted by Crippen LogP contribution is 2.34. The maximum absolute atomic E-state index is 14.4. The Bertz CT molecular complexity index is 923. The van der Waals surface area contributed by atoms with E-state index in [0.717, 1.165) is 13.5 Å². The SMILES string of the molecule is C=CN=C1NC(=O)OC(CC)/C1=C(/C)c1cc(C(C)(F)F)cc(N2CCNC(C)C2)n1. The number of nitrogens with zero attached hydrogens (tertiary/aromatic N) is 3. The Kier molecular flexibility index (Phi) is 6.74. The molecule has 2 N–H and O–H groups in total. The van der Waals surface area contributed by atoms with Crippen LogP contribution in [0.3, 0.4) is 0 Å². The average molecular weight is 434 g/mol. The minimum absolute atomic E-state index is 0.116. The van der Waals surface area contributed by atoms with Crippen molar-refractivity contribution in [2.24, 2.45) is 4.99 Å². The van der Waals surface area contributed by atoms with E-state index in [1.165, 1.54) is 18.3 Å². The summed E-state index contributed by atoms with van der Waals surface area (Å²) in [5.41, 5.74) is 1.49. The topological polar surface area (TPSA) is 78.8 Å². The molecule has 2 unspecified atom stereocenters. The molecule has 0 radical (unpaired) electrons. The molecule has 1 amide bonds. The summed E-state index contributed by atoms with van der Waals surface area (Å²) < 4.78 is 34.1. The van der Waals surface area contributed by atoms with Crippen molar-refractivity contribution < 1.29 is 18.3 Å². The molecule has 2 saturated heterocycles. The quantitative estimate of drug-likeness (QED) is 0.738. The number of anilines is 1. The number of ether oxygens (including phenoxy) is 1. The molecule has 1 aromatic heterocycles. The van der Waals surface area contributed by atoms with Gasteiger partial charge in [-0.15, -0.1) is 0 Å². The van der Waals surface area contributed by atoms with Crippen molar-refractivity contribution in [3.63, 3.8) is 0 Å². The van der Waals surface area contributed by atoms with Gasteiger partial charge in [0.1, 0.15) is 17.8 Å². The molecule has 168 valence electrons. The standard InChI is InChI=1S/C22H29F2N5O2/c1-6-17-19(20(25-7-2)28-21(30)31-17)14(4)16-10-15(22(5,23)24)11-18(27-16)29-9-8-26-13(3)12-29/h7,10-11,13,17,26H,2,6,8-9,12H2,1,3-5H3,(H,25,28,30)/b19-14+. The number of amides is 1. The molecular formula is C22H29F2N5O2. The lowest BCUT2D eigenvalue weighted by molar-refractivity contribution is 0.0174. The van der Waals surface area contributed by atoms with E-state index in [1.807, 2.05) is 18.7 Å². The zero-order valence-corrected chi connectivity index (χ0v) is 18.3. The Hall–Kier alpha value is -2.81. The Morgan fingerprint density at radius 1 is 1.48 bits per heavy atom. The van der Waals surface area contributed by atoms with Crippen LogP contribution in [0.25, 0.3) is 5.57 Å².